The summed E-state index contributed by atoms with van der Waals surface area (Å²) in [6.45, 7) is 0. The van der Waals surface area contributed by atoms with Crippen molar-refractivity contribution in [3.63, 3.8) is 0 Å². The van der Waals surface area contributed by atoms with E-state index in [0.717, 1.165) is 17.3 Å². The molecular formula is C21H19NO5S2. The molecule has 2 aromatic rings. The fourth-order valence-corrected chi connectivity index (χ4v) is 4.32. The van der Waals surface area contributed by atoms with Crippen LogP contribution in [0.2, 0.25) is 0 Å². The summed E-state index contributed by atoms with van der Waals surface area (Å²) in [7, 11) is 3.08. The molecule has 8 heteroatoms. The van der Waals surface area contributed by atoms with E-state index in [2.05, 4.69) is 0 Å². The summed E-state index contributed by atoms with van der Waals surface area (Å²) in [6.07, 6.45) is 1.81. The molecule has 1 saturated heterocycles. The Morgan fingerprint density at radius 1 is 1.21 bits per heavy atom. The molecule has 1 fully saturated rings. The Morgan fingerprint density at radius 3 is 2.55 bits per heavy atom. The molecule has 6 nitrogen and oxygen atoms in total. The van der Waals surface area contributed by atoms with Gasteiger partial charge in [-0.3, -0.25) is 9.69 Å². The van der Waals surface area contributed by atoms with Gasteiger partial charge in [0.05, 0.1) is 19.1 Å². The molecule has 1 amide bonds. The van der Waals surface area contributed by atoms with E-state index < -0.39 is 17.9 Å². The predicted molar refractivity (Wildman–Crippen MR) is 116 cm³/mol. The highest BCUT2D eigenvalue weighted by molar-refractivity contribution is 8.26. The molecule has 0 saturated carbocycles. The number of carboxylic acids is 1. The van der Waals surface area contributed by atoms with E-state index in [1.807, 2.05) is 30.3 Å². The molecule has 0 aromatic heterocycles. The number of thioether (sulfide) groups is 1. The van der Waals surface area contributed by atoms with E-state index >= 15 is 0 Å². The number of hydrogen-bond donors (Lipinski definition) is 1. The van der Waals surface area contributed by atoms with Gasteiger partial charge in [-0.2, -0.15) is 0 Å². The number of carboxylic acid groups (broad SMARTS) is 1. The highest BCUT2D eigenvalue weighted by atomic mass is 32.2. The quantitative estimate of drug-likeness (QED) is 0.532. The van der Waals surface area contributed by atoms with Gasteiger partial charge >= 0.3 is 5.97 Å². The zero-order valence-corrected chi connectivity index (χ0v) is 17.5. The van der Waals surface area contributed by atoms with Crippen LogP contribution in [0.3, 0.4) is 0 Å². The first kappa shape index (κ1) is 20.9. The number of carbonyl (C=O) groups excluding carboxylic acids is 1. The number of rotatable bonds is 7. The van der Waals surface area contributed by atoms with Crippen molar-refractivity contribution in [2.24, 2.45) is 0 Å². The van der Waals surface area contributed by atoms with Crippen molar-refractivity contribution in [1.29, 1.82) is 0 Å². The Bertz CT molecular complexity index is 974. The molecule has 1 heterocycles. The average Bonchev–Trinajstić information content (AvgIpc) is 2.99. The average molecular weight is 430 g/mol. The summed E-state index contributed by atoms with van der Waals surface area (Å²) >= 11 is 6.42. The maximum Gasteiger partial charge on any atom is 0.327 e. The van der Waals surface area contributed by atoms with E-state index in [4.69, 9.17) is 21.7 Å². The Kier molecular flexibility index (Phi) is 6.56. The van der Waals surface area contributed by atoms with Crippen LogP contribution >= 0.6 is 24.0 Å². The van der Waals surface area contributed by atoms with Gasteiger partial charge in [0.2, 0.25) is 0 Å². The van der Waals surface area contributed by atoms with E-state index in [1.54, 1.807) is 31.4 Å². The summed E-state index contributed by atoms with van der Waals surface area (Å²) in [5.41, 5.74) is 1.45. The number of nitrogens with zero attached hydrogens (tertiary/aromatic N) is 1. The van der Waals surface area contributed by atoms with Crippen LogP contribution in [0.15, 0.2) is 53.4 Å². The van der Waals surface area contributed by atoms with Gasteiger partial charge in [-0.05, 0) is 29.8 Å². The van der Waals surface area contributed by atoms with Crippen molar-refractivity contribution < 1.29 is 24.2 Å². The number of carbonyl (C=O) groups is 2. The highest BCUT2D eigenvalue weighted by Crippen LogP contribution is 2.36. The first-order chi connectivity index (χ1) is 13.9. The van der Waals surface area contributed by atoms with Crippen molar-refractivity contribution in [3.8, 4) is 11.5 Å². The van der Waals surface area contributed by atoms with Gasteiger partial charge in [0.1, 0.15) is 21.9 Å². The van der Waals surface area contributed by atoms with Crippen LogP contribution in [-0.4, -0.2) is 46.5 Å². The monoisotopic (exact) mass is 429 g/mol. The fourth-order valence-electron chi connectivity index (χ4n) is 2.97. The molecule has 2 aromatic carbocycles. The third-order valence-electron chi connectivity index (χ3n) is 4.42. The maximum atomic E-state index is 13.0. The van der Waals surface area contributed by atoms with E-state index in [1.165, 1.54) is 12.0 Å². The van der Waals surface area contributed by atoms with Crippen molar-refractivity contribution in [1.82, 2.24) is 4.90 Å². The lowest BCUT2D eigenvalue weighted by Gasteiger charge is -2.23. The molecule has 150 valence electrons. The van der Waals surface area contributed by atoms with Gasteiger partial charge in [0, 0.05) is 12.0 Å². The molecule has 1 N–H and O–H groups in total. The standard InChI is InChI=1S/C21H19NO5S2/c1-26-15-8-9-17(27-2)14(11-15)12-18-19(23)22(21(28)29-18)16(20(24)25)10-13-6-4-3-5-7-13/h3-9,11-12,16H,10H2,1-2H3,(H,24,25)/b18-12+. The topological polar surface area (TPSA) is 76.1 Å². The SMILES string of the molecule is COc1ccc(OC)c(/C=C2/SC(=S)N(C(Cc3ccccc3)C(=O)O)C2=O)c1. The van der Waals surface area contributed by atoms with Crippen LogP contribution in [0, 0.1) is 0 Å². The first-order valence-electron chi connectivity index (χ1n) is 8.70. The Morgan fingerprint density at radius 2 is 1.93 bits per heavy atom. The molecule has 3 rings (SSSR count). The fraction of sp³-hybridized carbons (Fsp3) is 0.190. The summed E-state index contributed by atoms with van der Waals surface area (Å²) in [6, 6.07) is 13.3. The molecule has 1 unspecified atom stereocenters. The Hall–Kier alpha value is -2.84. The molecule has 1 atom stereocenters. The lowest BCUT2D eigenvalue weighted by atomic mass is 10.0. The van der Waals surface area contributed by atoms with Gasteiger partial charge in [0.15, 0.2) is 0 Å². The van der Waals surface area contributed by atoms with Crippen LogP contribution in [-0.2, 0) is 16.0 Å². The number of amides is 1. The molecule has 0 bridgehead atoms. The van der Waals surface area contributed by atoms with Crippen LogP contribution in [0.1, 0.15) is 11.1 Å². The van der Waals surface area contributed by atoms with Gasteiger partial charge in [-0.25, -0.2) is 4.79 Å². The summed E-state index contributed by atoms with van der Waals surface area (Å²) in [4.78, 5) is 26.4. The Labute approximate surface area is 178 Å². The predicted octanol–water partition coefficient (Wildman–Crippen LogP) is 3.60. The van der Waals surface area contributed by atoms with E-state index in [9.17, 15) is 14.7 Å². The normalized spacial score (nSPS) is 16.2. The second-order valence-corrected chi connectivity index (χ2v) is 7.88. The minimum Gasteiger partial charge on any atom is -0.497 e. The molecule has 29 heavy (non-hydrogen) atoms. The van der Waals surface area contributed by atoms with E-state index in [-0.39, 0.29) is 10.7 Å². The lowest BCUT2D eigenvalue weighted by Crippen LogP contribution is -2.45. The molecule has 0 radical (unpaired) electrons. The third-order valence-corrected chi connectivity index (χ3v) is 5.75. The minimum atomic E-state index is -1.11. The molecule has 0 aliphatic carbocycles. The van der Waals surface area contributed by atoms with Crippen molar-refractivity contribution in [2.75, 3.05) is 14.2 Å². The van der Waals surface area contributed by atoms with Crippen LogP contribution in [0.25, 0.3) is 6.08 Å². The number of ether oxygens (including phenoxy) is 2. The smallest absolute Gasteiger partial charge is 0.327 e. The van der Waals surface area contributed by atoms with Crippen molar-refractivity contribution in [2.45, 2.75) is 12.5 Å². The van der Waals surface area contributed by atoms with Gasteiger partial charge < -0.3 is 14.6 Å². The third kappa shape index (κ3) is 4.60. The molecule has 0 spiro atoms. The molecule has 1 aliphatic heterocycles. The minimum absolute atomic E-state index is 0.165. The summed E-state index contributed by atoms with van der Waals surface area (Å²) < 4.78 is 10.8. The molecule has 1 aliphatic rings. The van der Waals surface area contributed by atoms with Crippen molar-refractivity contribution >= 4 is 46.3 Å². The first-order valence-corrected chi connectivity index (χ1v) is 9.93. The second kappa shape index (κ2) is 9.11. The zero-order chi connectivity index (χ0) is 21.0. The van der Waals surface area contributed by atoms with Crippen LogP contribution in [0.5, 0.6) is 11.5 Å². The maximum absolute atomic E-state index is 13.0. The number of thiocarbonyl (C=S) groups is 1. The molecular weight excluding hydrogens is 410 g/mol. The van der Waals surface area contributed by atoms with Gasteiger partial charge in [0.25, 0.3) is 5.91 Å². The van der Waals surface area contributed by atoms with Crippen LogP contribution in [0.4, 0.5) is 0 Å². The highest BCUT2D eigenvalue weighted by Gasteiger charge is 2.40. The zero-order valence-electron chi connectivity index (χ0n) is 15.8. The number of methoxy groups -OCH3 is 2. The van der Waals surface area contributed by atoms with Crippen LogP contribution < -0.4 is 9.47 Å². The van der Waals surface area contributed by atoms with E-state index in [0.29, 0.717) is 22.0 Å². The summed E-state index contributed by atoms with van der Waals surface area (Å²) in [5, 5.41) is 9.74. The van der Waals surface area contributed by atoms with Crippen molar-refractivity contribution in [3.05, 3.63) is 64.6 Å². The number of aliphatic carboxylic acids is 1. The second-order valence-electron chi connectivity index (χ2n) is 6.20. The van der Waals surface area contributed by atoms with Gasteiger partial charge in [-0.1, -0.05) is 54.3 Å². The number of benzene rings is 2. The Balaban J connectivity index is 1.92. The number of hydrogen-bond acceptors (Lipinski definition) is 6. The van der Waals surface area contributed by atoms with Gasteiger partial charge in [-0.15, -0.1) is 0 Å². The summed E-state index contributed by atoms with van der Waals surface area (Å²) in [5.74, 6) is -0.367. The largest absolute Gasteiger partial charge is 0.497 e. The lowest BCUT2D eigenvalue weighted by molar-refractivity contribution is -0.145.